The van der Waals surface area contributed by atoms with E-state index in [4.69, 9.17) is 11.6 Å². The highest BCUT2D eigenvalue weighted by molar-refractivity contribution is 9.10. The van der Waals surface area contributed by atoms with E-state index < -0.39 is 0 Å². The van der Waals surface area contributed by atoms with E-state index in [0.29, 0.717) is 0 Å². The number of nitrogens with one attached hydrogen (secondary N) is 1. The van der Waals surface area contributed by atoms with Crippen LogP contribution in [0.4, 0.5) is 0 Å². The minimum Gasteiger partial charge on any atom is -0.328 e. The summed E-state index contributed by atoms with van der Waals surface area (Å²) in [6, 6.07) is 16.4. The second-order valence-corrected chi connectivity index (χ2v) is 7.16. The third-order valence-corrected chi connectivity index (χ3v) is 4.84. The summed E-state index contributed by atoms with van der Waals surface area (Å²) in [5.41, 5.74) is 2.47. The fraction of sp³-hybridized carbons (Fsp3) is 0.278. The number of piperazine rings is 1. The van der Waals surface area contributed by atoms with Gasteiger partial charge in [-0.3, -0.25) is 5.01 Å². The molecule has 0 spiro atoms. The lowest BCUT2D eigenvalue weighted by Crippen LogP contribution is -3.13. The lowest BCUT2D eigenvalue weighted by atomic mass is 10.2. The molecule has 0 aliphatic carbocycles. The van der Waals surface area contributed by atoms with Crippen LogP contribution in [0.25, 0.3) is 0 Å². The Morgan fingerprint density at radius 1 is 1.04 bits per heavy atom. The van der Waals surface area contributed by atoms with E-state index in [9.17, 15) is 0 Å². The molecule has 23 heavy (non-hydrogen) atoms. The molecule has 1 fully saturated rings. The van der Waals surface area contributed by atoms with Crippen molar-refractivity contribution < 1.29 is 4.90 Å². The maximum absolute atomic E-state index is 5.94. The lowest BCUT2D eigenvalue weighted by Gasteiger charge is -2.30. The minimum absolute atomic E-state index is 0.802. The van der Waals surface area contributed by atoms with E-state index in [1.165, 1.54) is 5.56 Å². The largest absolute Gasteiger partial charge is 0.328 e. The first-order valence-corrected chi connectivity index (χ1v) is 8.99. The average Bonchev–Trinajstić information content (AvgIpc) is 2.58. The molecule has 3 rings (SSSR count). The van der Waals surface area contributed by atoms with E-state index in [0.717, 1.165) is 47.8 Å². The van der Waals surface area contributed by atoms with Crippen molar-refractivity contribution in [2.75, 3.05) is 26.2 Å². The van der Waals surface area contributed by atoms with Crippen LogP contribution in [-0.2, 0) is 6.54 Å². The van der Waals surface area contributed by atoms with Crippen molar-refractivity contribution >= 4 is 33.7 Å². The zero-order chi connectivity index (χ0) is 16.1. The molecule has 120 valence electrons. The highest BCUT2D eigenvalue weighted by Crippen LogP contribution is 2.10. The molecule has 0 bridgehead atoms. The van der Waals surface area contributed by atoms with Gasteiger partial charge in [0.1, 0.15) is 6.54 Å². The number of nitrogens with zero attached hydrogens (tertiary/aromatic N) is 2. The van der Waals surface area contributed by atoms with Crippen molar-refractivity contribution in [2.24, 2.45) is 5.10 Å². The SMILES string of the molecule is Clc1ccc(C[NH+]2CCN(/N=C\c3ccc(Br)cc3)CC2)cc1. The van der Waals surface area contributed by atoms with E-state index in [2.05, 4.69) is 50.3 Å². The monoisotopic (exact) mass is 392 g/mol. The Balaban J connectivity index is 1.48. The summed E-state index contributed by atoms with van der Waals surface area (Å²) in [6.45, 7) is 5.27. The van der Waals surface area contributed by atoms with Gasteiger partial charge in [0, 0.05) is 15.1 Å². The van der Waals surface area contributed by atoms with Gasteiger partial charge in [0.2, 0.25) is 0 Å². The standard InChI is InChI=1S/C18H19BrClN3/c19-17-5-1-15(2-6-17)13-21-23-11-9-22(10-12-23)14-16-3-7-18(20)8-4-16/h1-8,13H,9-12,14H2/p+1/b21-13-. The molecule has 1 heterocycles. The Bertz CT molecular complexity index is 647. The summed E-state index contributed by atoms with van der Waals surface area (Å²) in [5, 5.41) is 7.56. The van der Waals surface area contributed by atoms with Crippen molar-refractivity contribution in [3.63, 3.8) is 0 Å². The quantitative estimate of drug-likeness (QED) is 0.792. The summed E-state index contributed by atoms with van der Waals surface area (Å²) in [4.78, 5) is 1.60. The normalized spacial score (nSPS) is 16.2. The van der Waals surface area contributed by atoms with Gasteiger partial charge in [-0.05, 0) is 29.8 Å². The number of halogens is 2. The maximum Gasteiger partial charge on any atom is 0.103 e. The zero-order valence-corrected chi connectivity index (χ0v) is 15.2. The van der Waals surface area contributed by atoms with Crippen LogP contribution in [0, 0.1) is 0 Å². The van der Waals surface area contributed by atoms with Gasteiger partial charge < -0.3 is 4.90 Å². The Kier molecular flexibility index (Phi) is 5.70. The summed E-state index contributed by atoms with van der Waals surface area (Å²) >= 11 is 9.38. The molecule has 1 N–H and O–H groups in total. The van der Waals surface area contributed by atoms with Gasteiger partial charge in [0.15, 0.2) is 0 Å². The van der Waals surface area contributed by atoms with E-state index >= 15 is 0 Å². The van der Waals surface area contributed by atoms with E-state index in [1.807, 2.05) is 30.5 Å². The first kappa shape index (κ1) is 16.5. The Morgan fingerprint density at radius 2 is 1.70 bits per heavy atom. The second kappa shape index (κ2) is 7.95. The molecule has 2 aromatic rings. The van der Waals surface area contributed by atoms with Crippen LogP contribution in [0.2, 0.25) is 5.02 Å². The maximum atomic E-state index is 5.94. The molecule has 1 saturated heterocycles. The molecule has 0 amide bonds. The molecule has 1 aliphatic rings. The van der Waals surface area contributed by atoms with Gasteiger partial charge in [-0.25, -0.2) is 0 Å². The van der Waals surface area contributed by atoms with Crippen LogP contribution < -0.4 is 4.90 Å². The van der Waals surface area contributed by atoms with Crippen molar-refractivity contribution in [3.05, 3.63) is 69.2 Å². The smallest absolute Gasteiger partial charge is 0.103 e. The summed E-state index contributed by atoms with van der Waals surface area (Å²) in [7, 11) is 0. The summed E-state index contributed by atoms with van der Waals surface area (Å²) in [5.74, 6) is 0. The molecule has 5 heteroatoms. The molecule has 0 radical (unpaired) electrons. The van der Waals surface area contributed by atoms with E-state index in [1.54, 1.807) is 4.90 Å². The molecular formula is C18H20BrClN3+. The fourth-order valence-corrected chi connectivity index (χ4v) is 3.08. The number of hydrazone groups is 1. The molecule has 1 aliphatic heterocycles. The number of quaternary nitrogens is 1. The molecule has 2 aromatic carbocycles. The van der Waals surface area contributed by atoms with Crippen LogP contribution in [0.5, 0.6) is 0 Å². The first-order chi connectivity index (χ1) is 11.2. The van der Waals surface area contributed by atoms with Gasteiger partial charge in [0.05, 0.1) is 32.4 Å². The molecule has 0 saturated carbocycles. The van der Waals surface area contributed by atoms with Crippen LogP contribution in [0.15, 0.2) is 58.1 Å². The third-order valence-electron chi connectivity index (χ3n) is 4.05. The van der Waals surface area contributed by atoms with Crippen molar-refractivity contribution in [1.29, 1.82) is 0 Å². The minimum atomic E-state index is 0.802. The number of hydrogen-bond donors (Lipinski definition) is 1. The molecule has 0 aromatic heterocycles. The second-order valence-electron chi connectivity index (χ2n) is 5.80. The van der Waals surface area contributed by atoms with Gasteiger partial charge >= 0.3 is 0 Å². The molecule has 0 atom stereocenters. The van der Waals surface area contributed by atoms with Crippen LogP contribution in [-0.4, -0.2) is 37.4 Å². The Hall–Kier alpha value is -1.36. The number of rotatable bonds is 4. The highest BCUT2D eigenvalue weighted by Gasteiger charge is 2.18. The Morgan fingerprint density at radius 3 is 2.35 bits per heavy atom. The highest BCUT2D eigenvalue weighted by atomic mass is 79.9. The van der Waals surface area contributed by atoms with Crippen LogP contribution in [0.3, 0.4) is 0 Å². The number of benzene rings is 2. The van der Waals surface area contributed by atoms with Gasteiger partial charge in [0.25, 0.3) is 0 Å². The number of hydrogen-bond acceptors (Lipinski definition) is 2. The topological polar surface area (TPSA) is 20.0 Å². The van der Waals surface area contributed by atoms with Gasteiger partial charge in [-0.1, -0.05) is 51.8 Å². The fourth-order valence-electron chi connectivity index (χ4n) is 2.69. The van der Waals surface area contributed by atoms with Crippen LogP contribution >= 0.6 is 27.5 Å². The molecule has 0 unspecified atom stereocenters. The zero-order valence-electron chi connectivity index (χ0n) is 12.9. The van der Waals surface area contributed by atoms with Crippen molar-refractivity contribution in [1.82, 2.24) is 5.01 Å². The molecular weight excluding hydrogens is 374 g/mol. The first-order valence-electron chi connectivity index (χ1n) is 7.81. The van der Waals surface area contributed by atoms with E-state index in [-0.39, 0.29) is 0 Å². The van der Waals surface area contributed by atoms with Gasteiger partial charge in [-0.2, -0.15) is 5.10 Å². The average molecular weight is 394 g/mol. The van der Waals surface area contributed by atoms with Gasteiger partial charge in [-0.15, -0.1) is 0 Å². The van der Waals surface area contributed by atoms with Crippen molar-refractivity contribution in [3.8, 4) is 0 Å². The Labute approximate surface area is 150 Å². The van der Waals surface area contributed by atoms with Crippen LogP contribution in [0.1, 0.15) is 11.1 Å². The third kappa shape index (κ3) is 5.06. The lowest BCUT2D eigenvalue weighted by molar-refractivity contribution is -0.918. The predicted molar refractivity (Wildman–Crippen MR) is 99.2 cm³/mol. The summed E-state index contributed by atoms with van der Waals surface area (Å²) < 4.78 is 1.09. The summed E-state index contributed by atoms with van der Waals surface area (Å²) in [6.07, 6.45) is 1.94. The van der Waals surface area contributed by atoms with Crippen molar-refractivity contribution in [2.45, 2.75) is 6.54 Å². The molecule has 3 nitrogen and oxygen atoms in total. The predicted octanol–water partition coefficient (Wildman–Crippen LogP) is 2.84.